The summed E-state index contributed by atoms with van der Waals surface area (Å²) in [4.78, 5) is 0. The first-order chi connectivity index (χ1) is 19.8. The molecule has 0 N–H and O–H groups in total. The van der Waals surface area contributed by atoms with Crippen LogP contribution in [-0.4, -0.2) is 0 Å². The molecule has 2 aromatic heterocycles. The smallest absolute Gasteiger partial charge is 0.0998 e. The van der Waals surface area contributed by atoms with Crippen molar-refractivity contribution in [3.8, 4) is 39.4 Å². The zero-order chi connectivity index (χ0) is 26.6. The van der Waals surface area contributed by atoms with Crippen LogP contribution in [0, 0.1) is 11.3 Å². The summed E-state index contributed by atoms with van der Waals surface area (Å²) in [5.74, 6) is 0. The molecule has 0 amide bonds. The topological polar surface area (TPSA) is 23.8 Å². The molecule has 0 bridgehead atoms. The summed E-state index contributed by atoms with van der Waals surface area (Å²) < 4.78 is 5.14. The Balaban J connectivity index is 1.41. The second-order valence-corrected chi connectivity index (χ2v) is 12.2. The summed E-state index contributed by atoms with van der Waals surface area (Å²) in [6.07, 6.45) is 0. The molecule has 0 aliphatic carbocycles. The van der Waals surface area contributed by atoms with Gasteiger partial charge in [-0.2, -0.15) is 5.26 Å². The Morgan fingerprint density at radius 1 is 0.400 bits per heavy atom. The van der Waals surface area contributed by atoms with E-state index in [0.29, 0.717) is 5.56 Å². The molecule has 0 radical (unpaired) electrons. The second-order valence-electron chi connectivity index (χ2n) is 10.0. The van der Waals surface area contributed by atoms with E-state index in [0.717, 1.165) is 33.4 Å². The lowest BCUT2D eigenvalue weighted by molar-refractivity contribution is 1.47. The third-order valence-electron chi connectivity index (χ3n) is 7.74. The summed E-state index contributed by atoms with van der Waals surface area (Å²) in [6, 6.07) is 47.8. The maximum atomic E-state index is 10.3. The highest BCUT2D eigenvalue weighted by Crippen LogP contribution is 2.43. The first-order valence-electron chi connectivity index (χ1n) is 13.2. The maximum absolute atomic E-state index is 10.3. The largest absolute Gasteiger partial charge is 0.192 e. The van der Waals surface area contributed by atoms with Crippen LogP contribution in [-0.2, 0) is 0 Å². The van der Waals surface area contributed by atoms with Gasteiger partial charge in [0.2, 0.25) is 0 Å². The highest BCUT2D eigenvalue weighted by atomic mass is 32.1. The van der Waals surface area contributed by atoms with Gasteiger partial charge in [-0.1, -0.05) is 84.9 Å². The van der Waals surface area contributed by atoms with Gasteiger partial charge in [0.1, 0.15) is 0 Å². The molecule has 0 atom stereocenters. The van der Waals surface area contributed by atoms with E-state index in [-0.39, 0.29) is 0 Å². The molecule has 1 nitrogen and oxygen atoms in total. The minimum Gasteiger partial charge on any atom is -0.192 e. The molecule has 0 fully saturated rings. The minimum absolute atomic E-state index is 0.684. The molecule has 3 heteroatoms. The molecule has 40 heavy (non-hydrogen) atoms. The number of nitrogens with zero attached hydrogens (tertiary/aromatic N) is 1. The molecule has 0 saturated carbocycles. The Labute approximate surface area is 239 Å². The lowest BCUT2D eigenvalue weighted by Gasteiger charge is -2.15. The molecule has 186 valence electrons. The SMILES string of the molecule is N#Cc1cc(-c2ccc3c(c2)sc2ccccc23)c(-c2ccc3sc4ccccc4c3c2)cc1-c1ccccc1. The Bertz CT molecular complexity index is 2280. The summed E-state index contributed by atoms with van der Waals surface area (Å²) in [6.45, 7) is 0. The molecule has 8 aromatic rings. The normalized spacial score (nSPS) is 11.5. The third kappa shape index (κ3) is 3.66. The fourth-order valence-corrected chi connectivity index (χ4v) is 8.05. The van der Waals surface area contributed by atoms with Crippen molar-refractivity contribution in [2.24, 2.45) is 0 Å². The Morgan fingerprint density at radius 2 is 0.975 bits per heavy atom. The van der Waals surface area contributed by atoms with Crippen LogP contribution in [0.2, 0.25) is 0 Å². The fraction of sp³-hybridized carbons (Fsp3) is 0. The van der Waals surface area contributed by atoms with Crippen LogP contribution in [0.1, 0.15) is 5.56 Å². The van der Waals surface area contributed by atoms with E-state index in [4.69, 9.17) is 0 Å². The van der Waals surface area contributed by atoms with E-state index in [2.05, 4.69) is 115 Å². The molecule has 8 rings (SSSR count). The molecule has 0 saturated heterocycles. The molecule has 2 heterocycles. The first kappa shape index (κ1) is 23.2. The Kier molecular flexibility index (Phi) is 5.31. The number of hydrogen-bond donors (Lipinski definition) is 0. The van der Waals surface area contributed by atoms with Crippen LogP contribution < -0.4 is 0 Å². The van der Waals surface area contributed by atoms with Gasteiger partial charge in [0.25, 0.3) is 0 Å². The molecule has 0 unspecified atom stereocenters. The van der Waals surface area contributed by atoms with E-state index in [1.165, 1.54) is 40.3 Å². The number of rotatable bonds is 3. The van der Waals surface area contributed by atoms with Crippen LogP contribution in [0.15, 0.2) is 127 Å². The second kappa shape index (κ2) is 9.17. The van der Waals surface area contributed by atoms with Crippen LogP contribution >= 0.6 is 22.7 Å². The van der Waals surface area contributed by atoms with Crippen LogP contribution in [0.5, 0.6) is 0 Å². The number of benzene rings is 6. The van der Waals surface area contributed by atoms with Crippen LogP contribution in [0.25, 0.3) is 73.7 Å². The molecule has 0 aliphatic heterocycles. The number of fused-ring (bicyclic) bond motifs is 6. The molecular weight excluding hydrogens is 523 g/mol. The summed E-state index contributed by atoms with van der Waals surface area (Å²) >= 11 is 3.66. The van der Waals surface area contributed by atoms with Gasteiger partial charge < -0.3 is 0 Å². The van der Waals surface area contributed by atoms with Gasteiger partial charge in [0.15, 0.2) is 0 Å². The van der Waals surface area contributed by atoms with Crippen LogP contribution in [0.4, 0.5) is 0 Å². The summed E-state index contributed by atoms with van der Waals surface area (Å²) in [5, 5.41) is 15.4. The van der Waals surface area contributed by atoms with Gasteiger partial charge in [-0.15, -0.1) is 22.7 Å². The van der Waals surface area contributed by atoms with Gasteiger partial charge in [-0.05, 0) is 70.3 Å². The van der Waals surface area contributed by atoms with Gasteiger partial charge >= 0.3 is 0 Å². The van der Waals surface area contributed by atoms with Gasteiger partial charge in [-0.3, -0.25) is 0 Å². The van der Waals surface area contributed by atoms with E-state index in [9.17, 15) is 5.26 Å². The molecule has 0 aliphatic rings. The van der Waals surface area contributed by atoms with Crippen molar-refractivity contribution in [1.29, 1.82) is 5.26 Å². The highest BCUT2D eigenvalue weighted by molar-refractivity contribution is 7.26. The van der Waals surface area contributed by atoms with Gasteiger partial charge in [0.05, 0.1) is 11.6 Å². The summed E-state index contributed by atoms with van der Waals surface area (Å²) in [5.41, 5.74) is 7.19. The van der Waals surface area contributed by atoms with Crippen molar-refractivity contribution in [2.45, 2.75) is 0 Å². The average molecular weight is 544 g/mol. The summed E-state index contributed by atoms with van der Waals surface area (Å²) in [7, 11) is 0. The molecule has 6 aromatic carbocycles. The van der Waals surface area contributed by atoms with Crippen LogP contribution in [0.3, 0.4) is 0 Å². The third-order valence-corrected chi connectivity index (χ3v) is 10.0. The van der Waals surface area contributed by atoms with Crippen molar-refractivity contribution in [3.63, 3.8) is 0 Å². The first-order valence-corrected chi connectivity index (χ1v) is 14.9. The number of thiophene rings is 2. The van der Waals surface area contributed by atoms with Crippen molar-refractivity contribution in [2.75, 3.05) is 0 Å². The average Bonchev–Trinajstić information content (AvgIpc) is 3.58. The monoisotopic (exact) mass is 543 g/mol. The predicted molar refractivity (Wildman–Crippen MR) is 173 cm³/mol. The number of hydrogen-bond acceptors (Lipinski definition) is 3. The van der Waals surface area contributed by atoms with Gasteiger partial charge in [0, 0.05) is 45.9 Å². The lowest BCUT2D eigenvalue weighted by atomic mass is 9.87. The molecule has 0 spiro atoms. The number of nitriles is 1. The quantitative estimate of drug-likeness (QED) is 0.217. The van der Waals surface area contributed by atoms with E-state index in [1.54, 1.807) is 0 Å². The van der Waals surface area contributed by atoms with Crippen molar-refractivity contribution in [3.05, 3.63) is 133 Å². The van der Waals surface area contributed by atoms with Crippen molar-refractivity contribution < 1.29 is 0 Å². The highest BCUT2D eigenvalue weighted by Gasteiger charge is 2.17. The van der Waals surface area contributed by atoms with E-state index in [1.807, 2.05) is 40.9 Å². The standard InChI is InChI=1S/C37H21NS2/c38-22-26-19-31(25-14-16-29-27-10-4-6-12-34(27)40-37(29)20-25)32(21-30(26)23-8-2-1-3-9-23)24-15-17-36-33(18-24)28-11-5-7-13-35(28)39-36/h1-21H. The zero-order valence-electron chi connectivity index (χ0n) is 21.4. The van der Waals surface area contributed by atoms with Crippen molar-refractivity contribution in [1.82, 2.24) is 0 Å². The Morgan fingerprint density at radius 3 is 1.75 bits per heavy atom. The zero-order valence-corrected chi connectivity index (χ0v) is 23.0. The van der Waals surface area contributed by atoms with Gasteiger partial charge in [-0.25, -0.2) is 0 Å². The van der Waals surface area contributed by atoms with Crippen molar-refractivity contribution >= 4 is 63.0 Å². The fourth-order valence-electron chi connectivity index (χ4n) is 5.81. The Hall–Kier alpha value is -4.75. The predicted octanol–water partition coefficient (Wildman–Crippen LogP) is 11.3. The lowest BCUT2D eigenvalue weighted by Crippen LogP contribution is -1.92. The minimum atomic E-state index is 0.684. The maximum Gasteiger partial charge on any atom is 0.0998 e. The van der Waals surface area contributed by atoms with E-state index >= 15 is 0 Å². The van der Waals surface area contributed by atoms with E-state index < -0.39 is 0 Å². The molecular formula is C37H21NS2.